The number of benzene rings is 2. The average Bonchev–Trinajstić information content (AvgIpc) is 3.01. The Balaban J connectivity index is 1.54. The first kappa shape index (κ1) is 31.4. The third-order valence-corrected chi connectivity index (χ3v) is 7.11. The van der Waals surface area contributed by atoms with Crippen LogP contribution in [0, 0.1) is 5.82 Å². The number of fused-ring (bicyclic) bond motifs is 16. The van der Waals surface area contributed by atoms with Crippen molar-refractivity contribution in [2.24, 2.45) is 0 Å². The van der Waals surface area contributed by atoms with Crippen LogP contribution >= 0.6 is 0 Å². The molecule has 3 aromatic rings. The molecule has 0 radical (unpaired) electrons. The van der Waals surface area contributed by atoms with Crippen molar-refractivity contribution in [2.75, 3.05) is 26.7 Å². The maximum Gasteiger partial charge on any atom is 0.251 e. The lowest BCUT2D eigenvalue weighted by Crippen LogP contribution is -2.46. The minimum atomic E-state index is -0.698. The predicted molar refractivity (Wildman–Crippen MR) is 159 cm³/mol. The Morgan fingerprint density at radius 2 is 1.88 bits per heavy atom. The highest BCUT2D eigenvalue weighted by Gasteiger charge is 2.20. The number of pyridine rings is 1. The first-order valence-electron chi connectivity index (χ1n) is 14.5. The number of hydrogen-bond donors (Lipinski definition) is 3. The normalized spacial score (nSPS) is 17.7. The number of aromatic nitrogens is 1. The zero-order valence-corrected chi connectivity index (χ0v) is 24.5. The van der Waals surface area contributed by atoms with Crippen LogP contribution in [0.4, 0.5) is 4.39 Å². The van der Waals surface area contributed by atoms with Crippen LogP contribution in [-0.4, -0.2) is 60.4 Å². The number of halogens is 1. The van der Waals surface area contributed by atoms with Gasteiger partial charge in [-0.3, -0.25) is 24.3 Å². The number of methoxy groups -OCH3 is 1. The second kappa shape index (κ2) is 15.6. The standard InChI is InChI=1S/C32H38FN5O5/c1-3-26-32(41)36-20-22-9-11-27(25(33)17-22)43-29-18-24(10-12-28(29)42-2)31(40)35-14-6-16-38(15-5-8-30(39)37-26)21-23-7-4-13-34-19-23/h4,7,9-13,17-19,26H,3,5-6,8,14-16,20-21H2,1-2H3,(H,35,40)(H,36,41)(H,37,39)/t26-/m0/s1. The summed E-state index contributed by atoms with van der Waals surface area (Å²) in [4.78, 5) is 44.9. The van der Waals surface area contributed by atoms with Crippen molar-refractivity contribution >= 4 is 17.7 Å². The topological polar surface area (TPSA) is 122 Å². The zero-order chi connectivity index (χ0) is 30.6. The highest BCUT2D eigenvalue weighted by Crippen LogP contribution is 2.34. The van der Waals surface area contributed by atoms with Crippen LogP contribution in [0.5, 0.6) is 17.2 Å². The number of ether oxygens (including phenoxy) is 2. The summed E-state index contributed by atoms with van der Waals surface area (Å²) in [6.45, 7) is 4.31. The third kappa shape index (κ3) is 9.24. The van der Waals surface area contributed by atoms with Crippen molar-refractivity contribution in [3.8, 4) is 17.2 Å². The molecule has 43 heavy (non-hydrogen) atoms. The first-order chi connectivity index (χ1) is 20.9. The van der Waals surface area contributed by atoms with Crippen molar-refractivity contribution in [2.45, 2.75) is 51.7 Å². The van der Waals surface area contributed by atoms with E-state index >= 15 is 0 Å². The van der Waals surface area contributed by atoms with Crippen LogP contribution in [0.2, 0.25) is 0 Å². The van der Waals surface area contributed by atoms with Crippen molar-refractivity contribution in [3.05, 3.63) is 83.4 Å². The fraction of sp³-hybridized carbons (Fsp3) is 0.375. The van der Waals surface area contributed by atoms with Crippen LogP contribution in [0.25, 0.3) is 0 Å². The highest BCUT2D eigenvalue weighted by molar-refractivity contribution is 5.95. The molecule has 5 rings (SSSR count). The van der Waals surface area contributed by atoms with Crippen molar-refractivity contribution in [3.63, 3.8) is 0 Å². The molecule has 0 saturated heterocycles. The lowest BCUT2D eigenvalue weighted by molar-refractivity contribution is -0.129. The monoisotopic (exact) mass is 591 g/mol. The molecular weight excluding hydrogens is 553 g/mol. The van der Waals surface area contributed by atoms with Gasteiger partial charge in [-0.25, -0.2) is 4.39 Å². The van der Waals surface area contributed by atoms with E-state index in [1.165, 1.54) is 25.3 Å². The Bertz CT molecular complexity index is 1400. The van der Waals surface area contributed by atoms with E-state index in [-0.39, 0.29) is 42.2 Å². The smallest absolute Gasteiger partial charge is 0.251 e. The van der Waals surface area contributed by atoms with Crippen LogP contribution in [0.15, 0.2) is 60.9 Å². The molecule has 3 amide bonds. The van der Waals surface area contributed by atoms with Gasteiger partial charge in [-0.15, -0.1) is 0 Å². The Morgan fingerprint density at radius 3 is 2.63 bits per heavy atom. The minimum absolute atomic E-state index is 0.0586. The molecule has 0 fully saturated rings. The lowest BCUT2D eigenvalue weighted by atomic mass is 10.1. The molecule has 0 unspecified atom stereocenters. The fourth-order valence-corrected chi connectivity index (χ4v) is 4.77. The number of carbonyl (C=O) groups is 3. The molecular formula is C32H38FN5O5. The van der Waals surface area contributed by atoms with E-state index in [1.807, 2.05) is 25.3 Å². The first-order valence-corrected chi connectivity index (χ1v) is 14.5. The van der Waals surface area contributed by atoms with E-state index < -0.39 is 11.9 Å². The molecule has 2 aliphatic heterocycles. The summed E-state index contributed by atoms with van der Waals surface area (Å²) in [6.07, 6.45) is 5.48. The molecule has 0 saturated carbocycles. The SMILES string of the molecule is CC[C@@H]1NC(=O)CCCN(Cc2cccnc2)CCCNC(=O)c2ccc(OC)c(c2)Oc2ccc(cc2F)CNC1=O. The highest BCUT2D eigenvalue weighted by atomic mass is 19.1. The van der Waals surface area contributed by atoms with Crippen LogP contribution in [0.3, 0.4) is 0 Å². The van der Waals surface area contributed by atoms with Crippen molar-refractivity contribution < 1.29 is 28.2 Å². The molecule has 1 atom stereocenters. The van der Waals surface area contributed by atoms with E-state index in [0.29, 0.717) is 62.3 Å². The molecule has 4 bridgehead atoms. The fourth-order valence-electron chi connectivity index (χ4n) is 4.77. The quantitative estimate of drug-likeness (QED) is 0.420. The Kier molecular flexibility index (Phi) is 11.4. The molecule has 3 N–H and O–H groups in total. The van der Waals surface area contributed by atoms with Crippen LogP contribution < -0.4 is 25.4 Å². The van der Waals surface area contributed by atoms with Gasteiger partial charge in [-0.1, -0.05) is 19.1 Å². The van der Waals surface area contributed by atoms with Gasteiger partial charge in [-0.05, 0) is 73.3 Å². The summed E-state index contributed by atoms with van der Waals surface area (Å²) in [5.74, 6) is -1.01. The molecule has 3 heterocycles. The van der Waals surface area contributed by atoms with Gasteiger partial charge in [0, 0.05) is 50.6 Å². The predicted octanol–water partition coefficient (Wildman–Crippen LogP) is 3.95. The van der Waals surface area contributed by atoms with Gasteiger partial charge in [0.2, 0.25) is 11.8 Å². The minimum Gasteiger partial charge on any atom is -0.493 e. The third-order valence-electron chi connectivity index (χ3n) is 7.11. The Hall–Kier alpha value is -4.51. The molecule has 1 aromatic heterocycles. The number of carbonyl (C=O) groups excluding carboxylic acids is 3. The largest absolute Gasteiger partial charge is 0.493 e. The van der Waals surface area contributed by atoms with Crippen LogP contribution in [0.1, 0.15) is 54.1 Å². The molecule has 0 spiro atoms. The van der Waals surface area contributed by atoms with Gasteiger partial charge in [0.05, 0.1) is 7.11 Å². The van der Waals surface area contributed by atoms with Gasteiger partial charge in [0.1, 0.15) is 6.04 Å². The summed E-state index contributed by atoms with van der Waals surface area (Å²) < 4.78 is 26.2. The van der Waals surface area contributed by atoms with E-state index in [1.54, 1.807) is 24.4 Å². The Labute approximate surface area is 251 Å². The van der Waals surface area contributed by atoms with Crippen molar-refractivity contribution in [1.29, 1.82) is 0 Å². The van der Waals surface area contributed by atoms with Gasteiger partial charge in [0.15, 0.2) is 23.1 Å². The van der Waals surface area contributed by atoms with E-state index in [0.717, 1.165) is 5.56 Å². The molecule has 10 nitrogen and oxygen atoms in total. The van der Waals surface area contributed by atoms with Crippen LogP contribution in [-0.2, 0) is 22.7 Å². The summed E-state index contributed by atoms with van der Waals surface area (Å²) >= 11 is 0. The Morgan fingerprint density at radius 1 is 1.05 bits per heavy atom. The lowest BCUT2D eigenvalue weighted by Gasteiger charge is -2.23. The summed E-state index contributed by atoms with van der Waals surface area (Å²) in [5.41, 5.74) is 1.91. The number of nitrogens with one attached hydrogen (secondary N) is 3. The number of amides is 3. The maximum atomic E-state index is 15.0. The van der Waals surface area contributed by atoms with E-state index in [2.05, 4.69) is 25.8 Å². The van der Waals surface area contributed by atoms with Gasteiger partial charge in [-0.2, -0.15) is 0 Å². The number of rotatable bonds is 4. The second-order valence-electron chi connectivity index (χ2n) is 10.3. The van der Waals surface area contributed by atoms with Crippen molar-refractivity contribution in [1.82, 2.24) is 25.8 Å². The average molecular weight is 592 g/mol. The van der Waals surface area contributed by atoms with Gasteiger partial charge >= 0.3 is 0 Å². The molecule has 2 aromatic carbocycles. The number of nitrogens with zero attached hydrogens (tertiary/aromatic N) is 2. The maximum absolute atomic E-state index is 15.0. The summed E-state index contributed by atoms with van der Waals surface area (Å²) in [7, 11) is 1.46. The second-order valence-corrected chi connectivity index (χ2v) is 10.3. The van der Waals surface area contributed by atoms with Gasteiger partial charge < -0.3 is 25.4 Å². The molecule has 11 heteroatoms. The zero-order valence-electron chi connectivity index (χ0n) is 24.5. The number of hydrogen-bond acceptors (Lipinski definition) is 7. The molecule has 2 aliphatic rings. The van der Waals surface area contributed by atoms with E-state index in [4.69, 9.17) is 9.47 Å². The molecule has 228 valence electrons. The van der Waals surface area contributed by atoms with Gasteiger partial charge in [0.25, 0.3) is 5.91 Å². The van der Waals surface area contributed by atoms with E-state index in [9.17, 15) is 18.8 Å². The summed E-state index contributed by atoms with van der Waals surface area (Å²) in [6, 6.07) is 12.3. The molecule has 0 aliphatic carbocycles. The summed E-state index contributed by atoms with van der Waals surface area (Å²) in [5, 5.41) is 8.53.